The zero-order valence-electron chi connectivity index (χ0n) is 12.5. The molecule has 2 atom stereocenters. The fraction of sp³-hybridized carbons (Fsp3) is 0.562. The van der Waals surface area contributed by atoms with Gasteiger partial charge in [0.1, 0.15) is 5.75 Å². The lowest BCUT2D eigenvalue weighted by Gasteiger charge is -2.41. The lowest BCUT2D eigenvalue weighted by atomic mass is 9.85. The zero-order chi connectivity index (χ0) is 14.8. The van der Waals surface area contributed by atoms with E-state index < -0.39 is 0 Å². The number of benzene rings is 1. The molecule has 21 heavy (non-hydrogen) atoms. The number of ether oxygens (including phenoxy) is 1. The number of hydrogen-bond acceptors (Lipinski definition) is 4. The second-order valence-electron chi connectivity index (χ2n) is 6.07. The fourth-order valence-electron chi connectivity index (χ4n) is 3.49. The summed E-state index contributed by atoms with van der Waals surface area (Å²) in [5.74, 6) is 1.67. The van der Waals surface area contributed by atoms with E-state index in [0.717, 1.165) is 49.5 Å². The van der Waals surface area contributed by atoms with E-state index in [0.29, 0.717) is 18.4 Å². The molecule has 1 aromatic rings. The number of piperidine rings is 2. The topological polar surface area (TPSA) is 67.6 Å². The van der Waals surface area contributed by atoms with Crippen molar-refractivity contribution >= 4 is 11.6 Å². The van der Waals surface area contributed by atoms with Crippen LogP contribution in [0.4, 0.5) is 5.69 Å². The quantitative estimate of drug-likeness (QED) is 0.825. The highest BCUT2D eigenvalue weighted by molar-refractivity contribution is 5.77. The van der Waals surface area contributed by atoms with Gasteiger partial charge < -0.3 is 15.8 Å². The van der Waals surface area contributed by atoms with Crippen LogP contribution in [-0.4, -0.2) is 37.0 Å². The Bertz CT molecular complexity index is 532. The Morgan fingerprint density at radius 1 is 1.43 bits per heavy atom. The number of methoxy groups -OCH3 is 1. The molecule has 0 aromatic heterocycles. The Hall–Kier alpha value is -1.75. The third-order valence-electron chi connectivity index (χ3n) is 4.61. The van der Waals surface area contributed by atoms with E-state index in [4.69, 9.17) is 10.5 Å². The van der Waals surface area contributed by atoms with E-state index >= 15 is 0 Å². The van der Waals surface area contributed by atoms with E-state index in [1.165, 1.54) is 0 Å². The van der Waals surface area contributed by atoms with Crippen LogP contribution >= 0.6 is 0 Å². The molecule has 2 aliphatic heterocycles. The molecule has 5 nitrogen and oxygen atoms in total. The average molecular weight is 289 g/mol. The Balaban J connectivity index is 1.67. The highest BCUT2D eigenvalue weighted by Gasteiger charge is 2.33. The Morgan fingerprint density at radius 2 is 2.29 bits per heavy atom. The largest absolute Gasteiger partial charge is 0.496 e. The summed E-state index contributed by atoms with van der Waals surface area (Å²) in [7, 11) is 1.69. The highest BCUT2D eigenvalue weighted by atomic mass is 16.5. The smallest absolute Gasteiger partial charge is 0.220 e. The number of nitrogens with zero attached hydrogens (tertiary/aromatic N) is 1. The SMILES string of the molecule is COc1ccc(N)cc1CN1CCC2NC(=O)CCC2C1. The maximum absolute atomic E-state index is 11.5. The van der Waals surface area contributed by atoms with E-state index in [2.05, 4.69) is 10.2 Å². The number of nitrogen functional groups attached to an aromatic ring is 1. The van der Waals surface area contributed by atoms with Crippen LogP contribution in [0.15, 0.2) is 18.2 Å². The molecule has 2 saturated heterocycles. The standard InChI is InChI=1S/C16H23N3O2/c1-21-15-4-3-13(17)8-12(15)10-19-7-6-14-11(9-19)2-5-16(20)18-14/h3-4,8,11,14H,2,5-7,9-10,17H2,1H3,(H,18,20). The second kappa shape index (κ2) is 5.93. The van der Waals surface area contributed by atoms with E-state index in [1.807, 2.05) is 18.2 Å². The first-order valence-electron chi connectivity index (χ1n) is 7.60. The first kappa shape index (κ1) is 14.2. The molecule has 3 rings (SSSR count). The number of amides is 1. The number of nitrogens with two attached hydrogens (primary N) is 1. The van der Waals surface area contributed by atoms with E-state index in [1.54, 1.807) is 7.11 Å². The van der Waals surface area contributed by atoms with Gasteiger partial charge in [-0.05, 0) is 37.0 Å². The maximum Gasteiger partial charge on any atom is 0.220 e. The number of hydrogen-bond donors (Lipinski definition) is 2. The molecule has 1 amide bonds. The third kappa shape index (κ3) is 3.13. The number of carbonyl (C=O) groups excluding carboxylic acids is 1. The first-order chi connectivity index (χ1) is 10.2. The van der Waals surface area contributed by atoms with Crippen LogP contribution in [-0.2, 0) is 11.3 Å². The summed E-state index contributed by atoms with van der Waals surface area (Å²) in [6.45, 7) is 2.88. The van der Waals surface area contributed by atoms with Crippen LogP contribution in [0.25, 0.3) is 0 Å². The molecule has 1 aromatic carbocycles. The summed E-state index contributed by atoms with van der Waals surface area (Å²) >= 11 is 0. The average Bonchev–Trinajstić information content (AvgIpc) is 2.48. The molecule has 0 spiro atoms. The number of rotatable bonds is 3. The van der Waals surface area contributed by atoms with Crippen molar-refractivity contribution in [1.82, 2.24) is 10.2 Å². The van der Waals surface area contributed by atoms with Crippen LogP contribution in [0.3, 0.4) is 0 Å². The molecule has 0 aliphatic carbocycles. The Kier molecular flexibility index (Phi) is 4.01. The van der Waals surface area contributed by atoms with Gasteiger partial charge in [0.15, 0.2) is 0 Å². The highest BCUT2D eigenvalue weighted by Crippen LogP contribution is 2.28. The second-order valence-corrected chi connectivity index (χ2v) is 6.07. The van der Waals surface area contributed by atoms with Crippen molar-refractivity contribution in [3.8, 4) is 5.75 Å². The lowest BCUT2D eigenvalue weighted by molar-refractivity contribution is -0.125. The molecular formula is C16H23N3O2. The molecule has 2 aliphatic rings. The van der Waals surface area contributed by atoms with Crippen LogP contribution in [0.5, 0.6) is 5.75 Å². The van der Waals surface area contributed by atoms with E-state index in [-0.39, 0.29) is 5.91 Å². The van der Waals surface area contributed by atoms with Gasteiger partial charge in [0.2, 0.25) is 5.91 Å². The van der Waals surface area contributed by atoms with Gasteiger partial charge >= 0.3 is 0 Å². The maximum atomic E-state index is 11.5. The number of carbonyl (C=O) groups is 1. The van der Waals surface area contributed by atoms with Crippen molar-refractivity contribution in [2.24, 2.45) is 5.92 Å². The van der Waals surface area contributed by atoms with Gasteiger partial charge in [-0.3, -0.25) is 9.69 Å². The normalized spacial score (nSPS) is 26.0. The molecule has 5 heteroatoms. The Labute approximate surface area is 125 Å². The summed E-state index contributed by atoms with van der Waals surface area (Å²) in [6.07, 6.45) is 2.69. The molecule has 2 fully saturated rings. The minimum atomic E-state index is 0.210. The van der Waals surface area contributed by atoms with Gasteiger partial charge in [-0.2, -0.15) is 0 Å². The predicted octanol–water partition coefficient (Wildman–Crippen LogP) is 1.38. The molecule has 2 unspecified atom stereocenters. The molecule has 114 valence electrons. The number of anilines is 1. The van der Waals surface area contributed by atoms with Crippen molar-refractivity contribution in [2.75, 3.05) is 25.9 Å². The van der Waals surface area contributed by atoms with Crippen LogP contribution < -0.4 is 15.8 Å². The predicted molar refractivity (Wildman–Crippen MR) is 82.0 cm³/mol. The van der Waals surface area contributed by atoms with Crippen LogP contribution in [0, 0.1) is 5.92 Å². The van der Waals surface area contributed by atoms with Crippen LogP contribution in [0.1, 0.15) is 24.8 Å². The summed E-state index contributed by atoms with van der Waals surface area (Å²) in [5.41, 5.74) is 7.79. The number of nitrogens with one attached hydrogen (secondary N) is 1. The monoisotopic (exact) mass is 289 g/mol. The Morgan fingerprint density at radius 3 is 3.10 bits per heavy atom. The van der Waals surface area contributed by atoms with Crippen molar-refractivity contribution in [3.05, 3.63) is 23.8 Å². The molecular weight excluding hydrogens is 266 g/mol. The number of likely N-dealkylation sites (tertiary alicyclic amines) is 1. The molecule has 0 bridgehead atoms. The summed E-state index contributed by atoms with van der Waals surface area (Å²) in [6, 6.07) is 6.15. The minimum Gasteiger partial charge on any atom is -0.496 e. The lowest BCUT2D eigenvalue weighted by Crippen LogP contribution is -2.53. The minimum absolute atomic E-state index is 0.210. The molecule has 2 heterocycles. The van der Waals surface area contributed by atoms with Crippen molar-refractivity contribution in [1.29, 1.82) is 0 Å². The molecule has 0 radical (unpaired) electrons. The van der Waals surface area contributed by atoms with Gasteiger partial charge in [-0.1, -0.05) is 0 Å². The van der Waals surface area contributed by atoms with Gasteiger partial charge in [0.05, 0.1) is 7.11 Å². The van der Waals surface area contributed by atoms with Crippen molar-refractivity contribution < 1.29 is 9.53 Å². The molecule has 3 N–H and O–H groups in total. The summed E-state index contributed by atoms with van der Waals surface area (Å²) < 4.78 is 5.42. The van der Waals surface area contributed by atoms with Gasteiger partial charge in [-0.25, -0.2) is 0 Å². The van der Waals surface area contributed by atoms with Crippen molar-refractivity contribution in [2.45, 2.75) is 31.8 Å². The summed E-state index contributed by atoms with van der Waals surface area (Å²) in [5, 5.41) is 3.12. The van der Waals surface area contributed by atoms with E-state index in [9.17, 15) is 4.79 Å². The zero-order valence-corrected chi connectivity index (χ0v) is 12.5. The van der Waals surface area contributed by atoms with Crippen molar-refractivity contribution in [3.63, 3.8) is 0 Å². The fourth-order valence-corrected chi connectivity index (χ4v) is 3.49. The number of fused-ring (bicyclic) bond motifs is 1. The third-order valence-corrected chi connectivity index (χ3v) is 4.61. The van der Waals surface area contributed by atoms with Gasteiger partial charge in [0.25, 0.3) is 0 Å². The first-order valence-corrected chi connectivity index (χ1v) is 7.60. The van der Waals surface area contributed by atoms with Gasteiger partial charge in [0, 0.05) is 43.3 Å². The van der Waals surface area contributed by atoms with Crippen LogP contribution in [0.2, 0.25) is 0 Å². The summed E-state index contributed by atoms with van der Waals surface area (Å²) in [4.78, 5) is 13.9. The molecule has 0 saturated carbocycles. The van der Waals surface area contributed by atoms with Gasteiger partial charge in [-0.15, -0.1) is 0 Å².